The average Bonchev–Trinajstić information content (AvgIpc) is 3.42. The number of nitrogens with zero attached hydrogens (tertiary/aromatic N) is 6. The summed E-state index contributed by atoms with van der Waals surface area (Å²) in [5.74, 6) is 0.00881. The molecule has 2 amide bonds. The molecule has 0 bridgehead atoms. The maximum Gasteiger partial charge on any atom is 0.404 e. The first-order valence-corrected chi connectivity index (χ1v) is 11.3. The number of amides is 2. The van der Waals surface area contributed by atoms with Crippen molar-refractivity contribution in [1.82, 2.24) is 29.3 Å². The van der Waals surface area contributed by atoms with Crippen molar-refractivity contribution in [2.75, 3.05) is 23.3 Å². The first-order chi connectivity index (χ1) is 16.8. The number of anilines is 2. The van der Waals surface area contributed by atoms with Crippen molar-refractivity contribution in [3.8, 4) is 0 Å². The maximum absolute atomic E-state index is 13.2. The summed E-state index contributed by atoms with van der Waals surface area (Å²) in [4.78, 5) is 35.2. The largest absolute Gasteiger partial charge is 0.465 e. The van der Waals surface area contributed by atoms with Crippen molar-refractivity contribution < 1.29 is 19.8 Å². The SMILES string of the molecule is Cc1cn2cc(NC(=O)c3ccc(N4CCC(NC(=O)O)CC4)c4cc(CO)nn34)nc2c(C)n1. The van der Waals surface area contributed by atoms with Gasteiger partial charge in [-0.2, -0.15) is 5.10 Å². The van der Waals surface area contributed by atoms with Gasteiger partial charge in [-0.3, -0.25) is 9.78 Å². The lowest BCUT2D eigenvalue weighted by Gasteiger charge is -2.33. The predicted molar refractivity (Wildman–Crippen MR) is 128 cm³/mol. The zero-order valence-electron chi connectivity index (χ0n) is 19.4. The molecule has 4 aromatic heterocycles. The van der Waals surface area contributed by atoms with Crippen LogP contribution in [0.5, 0.6) is 0 Å². The number of aliphatic hydroxyl groups is 1. The normalized spacial score (nSPS) is 14.5. The van der Waals surface area contributed by atoms with Gasteiger partial charge in [-0.1, -0.05) is 0 Å². The van der Waals surface area contributed by atoms with Gasteiger partial charge in [0.05, 0.1) is 41.1 Å². The summed E-state index contributed by atoms with van der Waals surface area (Å²) in [6.07, 6.45) is 3.90. The zero-order chi connectivity index (χ0) is 24.7. The Morgan fingerprint density at radius 1 is 1.14 bits per heavy atom. The number of aromatic nitrogens is 5. The molecule has 0 radical (unpaired) electrons. The molecule has 1 saturated heterocycles. The maximum atomic E-state index is 13.2. The van der Waals surface area contributed by atoms with Gasteiger partial charge in [0.1, 0.15) is 5.69 Å². The number of fused-ring (bicyclic) bond motifs is 2. The number of carbonyl (C=O) groups excluding carboxylic acids is 1. The highest BCUT2D eigenvalue weighted by molar-refractivity contribution is 6.03. The Bertz CT molecular complexity index is 1430. The highest BCUT2D eigenvalue weighted by Gasteiger charge is 2.24. The third-order valence-electron chi connectivity index (χ3n) is 6.18. The number of aliphatic hydroxyl groups excluding tert-OH is 1. The molecule has 0 spiro atoms. The third-order valence-corrected chi connectivity index (χ3v) is 6.18. The van der Waals surface area contributed by atoms with Gasteiger partial charge in [-0.05, 0) is 44.9 Å². The first kappa shape index (κ1) is 22.6. The van der Waals surface area contributed by atoms with E-state index in [0.717, 1.165) is 17.1 Å². The van der Waals surface area contributed by atoms with E-state index in [9.17, 15) is 14.7 Å². The highest BCUT2D eigenvalue weighted by Crippen LogP contribution is 2.28. The molecule has 0 aromatic carbocycles. The summed E-state index contributed by atoms with van der Waals surface area (Å²) in [6.45, 7) is 4.80. The summed E-state index contributed by atoms with van der Waals surface area (Å²) in [7, 11) is 0. The molecule has 4 aromatic rings. The van der Waals surface area contributed by atoms with Gasteiger partial charge in [-0.25, -0.2) is 14.3 Å². The van der Waals surface area contributed by atoms with Crippen LogP contribution < -0.4 is 15.5 Å². The monoisotopic (exact) mass is 478 g/mol. The molecule has 35 heavy (non-hydrogen) atoms. The molecule has 0 unspecified atom stereocenters. The molecule has 12 heteroatoms. The smallest absolute Gasteiger partial charge is 0.404 e. The molecular weight excluding hydrogens is 452 g/mol. The topological polar surface area (TPSA) is 149 Å². The fourth-order valence-electron chi connectivity index (χ4n) is 4.61. The average molecular weight is 479 g/mol. The second kappa shape index (κ2) is 8.87. The summed E-state index contributed by atoms with van der Waals surface area (Å²) in [6, 6.07) is 5.23. The van der Waals surface area contributed by atoms with E-state index < -0.39 is 6.09 Å². The number of hydrogen-bond donors (Lipinski definition) is 4. The molecule has 5 heterocycles. The lowest BCUT2D eigenvalue weighted by atomic mass is 10.0. The van der Waals surface area contributed by atoms with Gasteiger partial charge < -0.3 is 30.1 Å². The van der Waals surface area contributed by atoms with Gasteiger partial charge in [0, 0.05) is 25.3 Å². The Hall–Kier alpha value is -4.19. The van der Waals surface area contributed by atoms with Crippen molar-refractivity contribution in [2.45, 2.75) is 39.3 Å². The molecule has 0 atom stereocenters. The predicted octanol–water partition coefficient (Wildman–Crippen LogP) is 1.97. The molecule has 1 fully saturated rings. The number of piperidine rings is 1. The number of rotatable bonds is 5. The molecule has 0 saturated carbocycles. The summed E-state index contributed by atoms with van der Waals surface area (Å²) < 4.78 is 3.36. The molecular formula is C23H26N8O4. The second-order valence-corrected chi connectivity index (χ2v) is 8.68. The van der Waals surface area contributed by atoms with Crippen LogP contribution in [0.15, 0.2) is 30.6 Å². The van der Waals surface area contributed by atoms with E-state index in [1.807, 2.05) is 30.5 Å². The van der Waals surface area contributed by atoms with Crippen molar-refractivity contribution in [3.63, 3.8) is 0 Å². The number of nitrogens with one attached hydrogen (secondary N) is 2. The minimum absolute atomic E-state index is 0.0872. The summed E-state index contributed by atoms with van der Waals surface area (Å²) in [5, 5.41) is 28.5. The standard InChI is InChI=1S/C23H26N8O4/c1-13-10-30-11-20(26-21(30)14(2)24-13)27-22(33)18-4-3-17(19-9-16(12-32)28-31(18)19)29-7-5-15(6-8-29)25-23(34)35/h3-4,9-11,15,25,32H,5-8,12H2,1-2H3,(H,27,33)(H,34,35). The first-order valence-electron chi connectivity index (χ1n) is 11.3. The molecule has 1 aliphatic rings. The van der Waals surface area contributed by atoms with Crippen molar-refractivity contribution in [1.29, 1.82) is 0 Å². The third kappa shape index (κ3) is 4.35. The number of pyridine rings is 1. The van der Waals surface area contributed by atoms with Gasteiger partial charge in [0.15, 0.2) is 11.5 Å². The summed E-state index contributed by atoms with van der Waals surface area (Å²) >= 11 is 0. The van der Waals surface area contributed by atoms with Crippen LogP contribution >= 0.6 is 0 Å². The quantitative estimate of drug-likeness (QED) is 0.340. The number of aryl methyl sites for hydroxylation is 2. The Morgan fingerprint density at radius 3 is 2.63 bits per heavy atom. The van der Waals surface area contributed by atoms with E-state index in [1.165, 1.54) is 4.52 Å². The van der Waals surface area contributed by atoms with E-state index in [0.29, 0.717) is 54.3 Å². The fraction of sp³-hybridized carbons (Fsp3) is 0.348. The molecule has 182 valence electrons. The Morgan fingerprint density at radius 2 is 1.91 bits per heavy atom. The summed E-state index contributed by atoms with van der Waals surface area (Å²) in [5.41, 5.74) is 4.57. The van der Waals surface area contributed by atoms with Crippen LogP contribution in [0.1, 0.15) is 40.4 Å². The number of carboxylic acid groups (broad SMARTS) is 1. The molecule has 12 nitrogen and oxygen atoms in total. The van der Waals surface area contributed by atoms with Crippen LogP contribution in [0, 0.1) is 13.8 Å². The lowest BCUT2D eigenvalue weighted by Crippen LogP contribution is -2.44. The molecule has 0 aliphatic carbocycles. The van der Waals surface area contributed by atoms with E-state index >= 15 is 0 Å². The zero-order valence-corrected chi connectivity index (χ0v) is 19.4. The molecule has 4 N–H and O–H groups in total. The highest BCUT2D eigenvalue weighted by atomic mass is 16.4. The molecule has 1 aliphatic heterocycles. The van der Waals surface area contributed by atoms with Gasteiger partial charge >= 0.3 is 6.09 Å². The van der Waals surface area contributed by atoms with Crippen LogP contribution in [0.2, 0.25) is 0 Å². The number of carbonyl (C=O) groups is 2. The lowest BCUT2D eigenvalue weighted by molar-refractivity contribution is 0.101. The van der Waals surface area contributed by atoms with Gasteiger partial charge in [0.25, 0.3) is 5.91 Å². The van der Waals surface area contributed by atoms with Crippen LogP contribution in [0.25, 0.3) is 11.2 Å². The second-order valence-electron chi connectivity index (χ2n) is 8.68. The minimum Gasteiger partial charge on any atom is -0.465 e. The van der Waals surface area contributed by atoms with Crippen LogP contribution in [0.4, 0.5) is 16.3 Å². The number of imidazole rings is 1. The van der Waals surface area contributed by atoms with Gasteiger partial charge in [-0.15, -0.1) is 0 Å². The van der Waals surface area contributed by atoms with Crippen LogP contribution in [-0.2, 0) is 6.61 Å². The minimum atomic E-state index is -1.02. The van der Waals surface area contributed by atoms with E-state index in [-0.39, 0.29) is 18.6 Å². The fourth-order valence-corrected chi connectivity index (χ4v) is 4.61. The molecule has 5 rings (SSSR count). The Labute approximate surface area is 200 Å². The van der Waals surface area contributed by atoms with E-state index in [4.69, 9.17) is 5.11 Å². The van der Waals surface area contributed by atoms with Crippen molar-refractivity contribution in [2.24, 2.45) is 0 Å². The Kier molecular flexibility index (Phi) is 5.73. The van der Waals surface area contributed by atoms with Crippen molar-refractivity contribution in [3.05, 3.63) is 53.4 Å². The Balaban J connectivity index is 1.43. The van der Waals surface area contributed by atoms with E-state index in [1.54, 1.807) is 18.3 Å². The van der Waals surface area contributed by atoms with Crippen molar-refractivity contribution >= 4 is 34.7 Å². The van der Waals surface area contributed by atoms with Gasteiger partial charge in [0.2, 0.25) is 0 Å². The number of hydrogen-bond acceptors (Lipinski definition) is 7. The van der Waals surface area contributed by atoms with Crippen LogP contribution in [-0.4, -0.2) is 65.3 Å². The van der Waals surface area contributed by atoms with Crippen LogP contribution in [0.3, 0.4) is 0 Å². The van der Waals surface area contributed by atoms with E-state index in [2.05, 4.69) is 30.6 Å².